The molecule has 12 heteroatoms. The summed E-state index contributed by atoms with van der Waals surface area (Å²) in [6, 6.07) is 6.78. The van der Waals surface area contributed by atoms with Crippen LogP contribution in [0.15, 0.2) is 36.8 Å². The number of nitrogens with zero attached hydrogens (tertiary/aromatic N) is 7. The van der Waals surface area contributed by atoms with Gasteiger partial charge in [-0.2, -0.15) is 14.6 Å². The Hall–Kier alpha value is -3.41. The molecule has 2 unspecified atom stereocenters. The lowest BCUT2D eigenvalue weighted by atomic mass is 9.95. The molecule has 4 aromatic rings. The summed E-state index contributed by atoms with van der Waals surface area (Å²) in [5.74, 6) is 0.403. The Morgan fingerprint density at radius 2 is 2.06 bits per heavy atom. The van der Waals surface area contributed by atoms with Crippen LogP contribution in [-0.4, -0.2) is 69.8 Å². The summed E-state index contributed by atoms with van der Waals surface area (Å²) in [5, 5.41) is 33.4. The molecule has 174 valence electrons. The van der Waals surface area contributed by atoms with Crippen molar-refractivity contribution in [2.24, 2.45) is 11.3 Å². The first kappa shape index (κ1) is 21.1. The lowest BCUT2D eigenvalue weighted by Gasteiger charge is -2.23. The van der Waals surface area contributed by atoms with Gasteiger partial charge in [0.2, 0.25) is 0 Å². The third-order valence-corrected chi connectivity index (χ3v) is 7.47. The van der Waals surface area contributed by atoms with Crippen molar-refractivity contribution in [2.45, 2.75) is 31.6 Å². The van der Waals surface area contributed by atoms with Crippen molar-refractivity contribution in [2.75, 3.05) is 12.4 Å². The first-order valence-electron chi connectivity index (χ1n) is 10.8. The molecule has 3 N–H and O–H groups in total. The Kier molecular flexibility index (Phi) is 4.54. The molecule has 2 aliphatic rings. The monoisotopic (exact) mass is 480 g/mol. The zero-order valence-corrected chi connectivity index (χ0v) is 19.0. The van der Waals surface area contributed by atoms with Gasteiger partial charge in [0.15, 0.2) is 17.0 Å². The second kappa shape index (κ2) is 7.29. The van der Waals surface area contributed by atoms with Crippen molar-refractivity contribution >= 4 is 34.4 Å². The maximum absolute atomic E-state index is 12.3. The smallest absolute Gasteiger partial charge is 0.256 e. The second-order valence-corrected chi connectivity index (χ2v) is 9.21. The molecule has 2 fully saturated rings. The molecular formula is C22H21ClN8O3. The number of hydrogen-bond donors (Lipinski definition) is 3. The van der Waals surface area contributed by atoms with Gasteiger partial charge in [-0.3, -0.25) is 4.79 Å². The van der Waals surface area contributed by atoms with E-state index in [4.69, 9.17) is 11.6 Å². The molecule has 2 saturated carbocycles. The van der Waals surface area contributed by atoms with Crippen LogP contribution in [-0.2, 0) is 4.79 Å². The fourth-order valence-electron chi connectivity index (χ4n) is 5.33. The number of hydrogen-bond acceptors (Lipinski definition) is 9. The third-order valence-electron chi connectivity index (χ3n) is 7.14. The number of carbonyl (C=O) groups is 1. The van der Waals surface area contributed by atoms with E-state index in [1.54, 1.807) is 30.2 Å². The minimum absolute atomic E-state index is 0.114. The number of anilines is 1. The summed E-state index contributed by atoms with van der Waals surface area (Å²) in [6.45, 7) is 1.46. The molecule has 0 aliphatic heterocycles. The summed E-state index contributed by atoms with van der Waals surface area (Å²) in [6.07, 6.45) is 1.52. The van der Waals surface area contributed by atoms with Crippen LogP contribution in [0.5, 0.6) is 0 Å². The van der Waals surface area contributed by atoms with Gasteiger partial charge in [-0.05, 0) is 25.3 Å². The number of halogens is 1. The van der Waals surface area contributed by atoms with Crippen molar-refractivity contribution in [1.29, 1.82) is 0 Å². The third kappa shape index (κ3) is 2.77. The lowest BCUT2D eigenvalue weighted by Crippen LogP contribution is -2.36. The predicted molar refractivity (Wildman–Crippen MR) is 123 cm³/mol. The van der Waals surface area contributed by atoms with Crippen molar-refractivity contribution in [3.8, 4) is 17.2 Å². The number of aliphatic hydroxyl groups is 2. The Balaban J connectivity index is 1.45. The van der Waals surface area contributed by atoms with Crippen molar-refractivity contribution in [3.63, 3.8) is 0 Å². The number of nitrogens with one attached hydrogen (secondary N) is 1. The number of Topliss-reactive ketones (excluding diaryl/α,β-unsaturated/α-hetero) is 1. The van der Waals surface area contributed by atoms with Gasteiger partial charge in [0.1, 0.15) is 17.6 Å². The minimum atomic E-state index is -1.13. The fraction of sp³-hybridized carbons (Fsp3) is 0.364. The molecule has 3 aromatic heterocycles. The summed E-state index contributed by atoms with van der Waals surface area (Å²) in [4.78, 5) is 25.9. The standard InChI is InChI=1S/C22H21ClN8O3/c1-10(32)22-7-12(22)16(17(33)18(22)34)30-9-25-15-19(24-2)26-21(27-20(15)30)31-8-14(28-29-31)11-5-3-4-6-13(11)23/h3-6,8-9,12,16-18,33-34H,7H2,1-2H3,(H,24,26,27)/t12?,16-,17+,18?,22+/m1/s1. The molecule has 1 aromatic carbocycles. The Bertz CT molecular complexity index is 1450. The molecule has 5 atom stereocenters. The average molecular weight is 481 g/mol. The van der Waals surface area contributed by atoms with E-state index in [-0.39, 0.29) is 17.6 Å². The number of fused-ring (bicyclic) bond motifs is 2. The highest BCUT2D eigenvalue weighted by Gasteiger charge is 2.74. The summed E-state index contributed by atoms with van der Waals surface area (Å²) < 4.78 is 3.16. The molecule has 0 radical (unpaired) electrons. The van der Waals surface area contributed by atoms with Crippen LogP contribution in [0.3, 0.4) is 0 Å². The Morgan fingerprint density at radius 1 is 1.26 bits per heavy atom. The Morgan fingerprint density at radius 3 is 2.76 bits per heavy atom. The van der Waals surface area contributed by atoms with Gasteiger partial charge in [0.25, 0.3) is 5.95 Å². The van der Waals surface area contributed by atoms with Crippen LogP contribution < -0.4 is 5.32 Å². The van der Waals surface area contributed by atoms with E-state index in [2.05, 4.69) is 30.6 Å². The zero-order chi connectivity index (χ0) is 23.8. The summed E-state index contributed by atoms with van der Waals surface area (Å²) >= 11 is 6.30. The topological polar surface area (TPSA) is 144 Å². The van der Waals surface area contributed by atoms with Gasteiger partial charge < -0.3 is 20.1 Å². The molecule has 0 saturated heterocycles. The predicted octanol–water partition coefficient (Wildman–Crippen LogP) is 1.64. The van der Waals surface area contributed by atoms with Crippen molar-refractivity contribution in [3.05, 3.63) is 41.8 Å². The van der Waals surface area contributed by atoms with Gasteiger partial charge in [-0.1, -0.05) is 35.0 Å². The molecule has 6 rings (SSSR count). The van der Waals surface area contributed by atoms with Gasteiger partial charge in [0.05, 0.1) is 35.1 Å². The zero-order valence-electron chi connectivity index (χ0n) is 18.3. The number of rotatable bonds is 5. The molecule has 0 amide bonds. The van der Waals surface area contributed by atoms with E-state index >= 15 is 0 Å². The van der Waals surface area contributed by atoms with Crippen LogP contribution in [0, 0.1) is 11.3 Å². The number of carbonyl (C=O) groups excluding carboxylic acids is 1. The quantitative estimate of drug-likeness (QED) is 0.388. The number of ketones is 1. The maximum atomic E-state index is 12.3. The number of benzene rings is 1. The number of aliphatic hydroxyl groups excluding tert-OH is 2. The van der Waals surface area contributed by atoms with Crippen LogP contribution in [0.4, 0.5) is 5.82 Å². The molecule has 2 aliphatic carbocycles. The van der Waals surface area contributed by atoms with Gasteiger partial charge >= 0.3 is 0 Å². The van der Waals surface area contributed by atoms with E-state index in [0.29, 0.717) is 34.1 Å². The molecule has 0 bridgehead atoms. The number of imidazole rings is 1. The van der Waals surface area contributed by atoms with Crippen LogP contribution in [0.1, 0.15) is 19.4 Å². The molecule has 34 heavy (non-hydrogen) atoms. The molecular weight excluding hydrogens is 460 g/mol. The fourth-order valence-corrected chi connectivity index (χ4v) is 5.56. The number of aromatic nitrogens is 7. The van der Waals surface area contributed by atoms with Crippen LogP contribution in [0.2, 0.25) is 5.02 Å². The van der Waals surface area contributed by atoms with E-state index < -0.39 is 23.7 Å². The van der Waals surface area contributed by atoms with E-state index in [9.17, 15) is 15.0 Å². The minimum Gasteiger partial charge on any atom is -0.389 e. The van der Waals surface area contributed by atoms with Crippen LogP contribution >= 0.6 is 11.6 Å². The van der Waals surface area contributed by atoms with Crippen LogP contribution in [0.25, 0.3) is 28.4 Å². The van der Waals surface area contributed by atoms with E-state index in [1.165, 1.54) is 11.6 Å². The Labute approximate surface area is 198 Å². The van der Waals surface area contributed by atoms with Crippen molar-refractivity contribution < 1.29 is 15.0 Å². The highest BCUT2D eigenvalue weighted by Crippen LogP contribution is 2.68. The van der Waals surface area contributed by atoms with Gasteiger partial charge in [0, 0.05) is 12.6 Å². The maximum Gasteiger partial charge on any atom is 0.256 e. The molecule has 0 spiro atoms. The van der Waals surface area contributed by atoms with Crippen molar-refractivity contribution in [1.82, 2.24) is 34.5 Å². The highest BCUT2D eigenvalue weighted by molar-refractivity contribution is 6.33. The van der Waals surface area contributed by atoms with E-state index in [1.807, 2.05) is 18.2 Å². The second-order valence-electron chi connectivity index (χ2n) is 8.81. The molecule has 11 nitrogen and oxygen atoms in total. The van der Waals surface area contributed by atoms with Gasteiger partial charge in [-0.15, -0.1) is 5.10 Å². The first-order valence-corrected chi connectivity index (χ1v) is 11.2. The average Bonchev–Trinajstić information content (AvgIpc) is 3.09. The highest BCUT2D eigenvalue weighted by atomic mass is 35.5. The SMILES string of the molecule is CNc1nc(-n2cc(-c3ccccc3Cl)nn2)nc2c1ncn2[C@@H]1C2C[C@@]2(C(C)=O)C(O)[C@H]1O. The first-order chi connectivity index (χ1) is 16.4. The van der Waals surface area contributed by atoms with Gasteiger partial charge in [-0.25, -0.2) is 4.98 Å². The summed E-state index contributed by atoms with van der Waals surface area (Å²) in [7, 11) is 1.72. The summed E-state index contributed by atoms with van der Waals surface area (Å²) in [5.41, 5.74) is 1.34. The molecule has 3 heterocycles. The van der Waals surface area contributed by atoms with E-state index in [0.717, 1.165) is 5.56 Å². The largest absolute Gasteiger partial charge is 0.389 e. The lowest BCUT2D eigenvalue weighted by molar-refractivity contribution is -0.128. The normalized spacial score (nSPS) is 27.7.